The van der Waals surface area contributed by atoms with Gasteiger partial charge < -0.3 is 5.11 Å². The number of aromatic nitrogens is 1. The molecule has 0 fully saturated rings. The van der Waals surface area contributed by atoms with Crippen molar-refractivity contribution in [1.82, 2.24) is 4.37 Å². The lowest BCUT2D eigenvalue weighted by Gasteiger charge is -2.19. The van der Waals surface area contributed by atoms with Crippen LogP contribution >= 0.6 is 23.3 Å². The number of carboxylic acid groups (broad SMARTS) is 1. The summed E-state index contributed by atoms with van der Waals surface area (Å²) in [6, 6.07) is 8.55. The van der Waals surface area contributed by atoms with Crippen molar-refractivity contribution in [2.45, 2.75) is 37.5 Å². The van der Waals surface area contributed by atoms with Crippen LogP contribution in [-0.4, -0.2) is 21.2 Å². The van der Waals surface area contributed by atoms with Gasteiger partial charge in [-0.05, 0) is 28.1 Å². The second-order valence-electron chi connectivity index (χ2n) is 5.84. The molecule has 1 aromatic heterocycles. The number of hydrogen-bond acceptors (Lipinski definition) is 4. The SMILES string of the molecule is CC(C)(C)c1ccc(-c2sncc2SCCC(=O)O)cc1. The van der Waals surface area contributed by atoms with E-state index in [9.17, 15) is 4.79 Å². The summed E-state index contributed by atoms with van der Waals surface area (Å²) in [7, 11) is 0. The molecule has 0 aliphatic heterocycles. The molecule has 0 unspecified atom stereocenters. The number of carboxylic acids is 1. The molecule has 0 radical (unpaired) electrons. The predicted molar refractivity (Wildman–Crippen MR) is 89.2 cm³/mol. The topological polar surface area (TPSA) is 50.2 Å². The minimum absolute atomic E-state index is 0.144. The summed E-state index contributed by atoms with van der Waals surface area (Å²) < 4.78 is 4.24. The van der Waals surface area contributed by atoms with Gasteiger partial charge in [0.25, 0.3) is 0 Å². The second-order valence-corrected chi connectivity index (χ2v) is 7.78. The minimum Gasteiger partial charge on any atom is -0.481 e. The van der Waals surface area contributed by atoms with Crippen molar-refractivity contribution in [2.24, 2.45) is 0 Å². The first-order valence-electron chi connectivity index (χ1n) is 6.78. The lowest BCUT2D eigenvalue weighted by molar-refractivity contribution is -0.136. The molecule has 1 heterocycles. The van der Waals surface area contributed by atoms with Gasteiger partial charge in [0.05, 0.1) is 17.5 Å². The zero-order valence-corrected chi connectivity index (χ0v) is 14.1. The Bertz CT molecular complexity index is 612. The van der Waals surface area contributed by atoms with Crippen LogP contribution in [-0.2, 0) is 10.2 Å². The summed E-state index contributed by atoms with van der Waals surface area (Å²) in [6.07, 6.45) is 1.99. The Morgan fingerprint density at radius 2 is 1.95 bits per heavy atom. The molecule has 0 saturated heterocycles. The van der Waals surface area contributed by atoms with Crippen LogP contribution in [0.15, 0.2) is 35.4 Å². The van der Waals surface area contributed by atoms with Gasteiger partial charge in [0.1, 0.15) is 0 Å². The Morgan fingerprint density at radius 1 is 1.29 bits per heavy atom. The average molecular weight is 321 g/mol. The molecular weight excluding hydrogens is 302 g/mol. The number of benzene rings is 1. The molecule has 0 aliphatic rings. The molecule has 2 aromatic rings. The van der Waals surface area contributed by atoms with E-state index in [0.717, 1.165) is 15.3 Å². The third-order valence-corrected chi connectivity index (χ3v) is 5.13. The Balaban J connectivity index is 2.15. The lowest BCUT2D eigenvalue weighted by Crippen LogP contribution is -2.10. The molecule has 0 bridgehead atoms. The molecule has 1 N–H and O–H groups in total. The van der Waals surface area contributed by atoms with Crippen LogP contribution in [0.25, 0.3) is 10.4 Å². The van der Waals surface area contributed by atoms with Crippen LogP contribution in [0.2, 0.25) is 0 Å². The highest BCUT2D eigenvalue weighted by atomic mass is 32.2. The summed E-state index contributed by atoms with van der Waals surface area (Å²) in [5.41, 5.74) is 2.59. The van der Waals surface area contributed by atoms with E-state index in [1.165, 1.54) is 17.1 Å². The number of thioether (sulfide) groups is 1. The van der Waals surface area contributed by atoms with Gasteiger partial charge in [0.2, 0.25) is 0 Å². The molecule has 21 heavy (non-hydrogen) atoms. The number of carbonyl (C=O) groups is 1. The number of hydrogen-bond donors (Lipinski definition) is 1. The summed E-state index contributed by atoms with van der Waals surface area (Å²) in [4.78, 5) is 12.8. The highest BCUT2D eigenvalue weighted by Gasteiger charge is 2.14. The maximum absolute atomic E-state index is 10.6. The highest BCUT2D eigenvalue weighted by Crippen LogP contribution is 2.35. The van der Waals surface area contributed by atoms with Crippen molar-refractivity contribution < 1.29 is 9.90 Å². The normalized spacial score (nSPS) is 11.6. The molecule has 112 valence electrons. The zero-order valence-electron chi connectivity index (χ0n) is 12.4. The van der Waals surface area contributed by atoms with E-state index in [-0.39, 0.29) is 11.8 Å². The van der Waals surface area contributed by atoms with Crippen molar-refractivity contribution >= 4 is 29.3 Å². The summed E-state index contributed by atoms with van der Waals surface area (Å²) >= 11 is 3.01. The van der Waals surface area contributed by atoms with Crippen LogP contribution in [0.3, 0.4) is 0 Å². The van der Waals surface area contributed by atoms with E-state index in [1.54, 1.807) is 11.8 Å². The van der Waals surface area contributed by atoms with E-state index in [0.29, 0.717) is 5.75 Å². The molecule has 3 nitrogen and oxygen atoms in total. The van der Waals surface area contributed by atoms with Gasteiger partial charge in [-0.1, -0.05) is 45.0 Å². The predicted octanol–water partition coefficient (Wildman–Crippen LogP) is 4.67. The molecular formula is C16H19NO2S2. The first-order chi connectivity index (χ1) is 9.88. The fourth-order valence-corrected chi connectivity index (χ4v) is 3.77. The van der Waals surface area contributed by atoms with Crippen LogP contribution in [0.4, 0.5) is 0 Å². The minimum atomic E-state index is -0.762. The standard InChI is InChI=1S/C16H19NO2S2/c1-16(2,3)12-6-4-11(5-7-12)15-13(10-17-21-15)20-9-8-14(18)19/h4-7,10H,8-9H2,1-3H3,(H,18,19). The lowest BCUT2D eigenvalue weighted by atomic mass is 9.86. The van der Waals surface area contributed by atoms with E-state index in [1.807, 2.05) is 6.20 Å². The molecule has 0 aliphatic carbocycles. The average Bonchev–Trinajstić information content (AvgIpc) is 2.86. The molecule has 5 heteroatoms. The molecule has 2 rings (SSSR count). The monoisotopic (exact) mass is 321 g/mol. The Morgan fingerprint density at radius 3 is 2.52 bits per heavy atom. The van der Waals surface area contributed by atoms with Gasteiger partial charge >= 0.3 is 5.97 Å². The van der Waals surface area contributed by atoms with Crippen molar-refractivity contribution in [1.29, 1.82) is 0 Å². The van der Waals surface area contributed by atoms with E-state index in [2.05, 4.69) is 49.4 Å². The summed E-state index contributed by atoms with van der Waals surface area (Å²) in [6.45, 7) is 6.59. The second kappa shape index (κ2) is 6.62. The molecule has 0 amide bonds. The molecule has 0 atom stereocenters. The molecule has 1 aromatic carbocycles. The van der Waals surface area contributed by atoms with Gasteiger partial charge in [-0.2, -0.15) is 4.37 Å². The fourth-order valence-electron chi connectivity index (χ4n) is 1.90. The fraction of sp³-hybridized carbons (Fsp3) is 0.375. The van der Waals surface area contributed by atoms with E-state index in [4.69, 9.17) is 5.11 Å². The molecule has 0 spiro atoms. The van der Waals surface area contributed by atoms with Crippen molar-refractivity contribution in [3.05, 3.63) is 36.0 Å². The van der Waals surface area contributed by atoms with E-state index < -0.39 is 5.97 Å². The quantitative estimate of drug-likeness (QED) is 0.813. The summed E-state index contributed by atoms with van der Waals surface area (Å²) in [5.74, 6) is -0.192. The zero-order chi connectivity index (χ0) is 15.5. The third kappa shape index (κ3) is 4.32. The first-order valence-corrected chi connectivity index (χ1v) is 8.54. The Hall–Kier alpha value is -1.33. The number of nitrogens with zero attached hydrogens (tertiary/aromatic N) is 1. The summed E-state index contributed by atoms with van der Waals surface area (Å²) in [5, 5.41) is 8.71. The van der Waals surface area contributed by atoms with Gasteiger partial charge in [-0.3, -0.25) is 4.79 Å². The number of aliphatic carboxylic acids is 1. The van der Waals surface area contributed by atoms with Crippen molar-refractivity contribution in [3.8, 4) is 10.4 Å². The third-order valence-electron chi connectivity index (χ3n) is 3.12. The van der Waals surface area contributed by atoms with Crippen LogP contribution in [0.1, 0.15) is 32.8 Å². The van der Waals surface area contributed by atoms with Crippen LogP contribution in [0, 0.1) is 0 Å². The van der Waals surface area contributed by atoms with Crippen LogP contribution < -0.4 is 0 Å². The van der Waals surface area contributed by atoms with Crippen molar-refractivity contribution in [3.63, 3.8) is 0 Å². The van der Waals surface area contributed by atoms with Crippen LogP contribution in [0.5, 0.6) is 0 Å². The van der Waals surface area contributed by atoms with Gasteiger partial charge in [-0.25, -0.2) is 0 Å². The highest BCUT2D eigenvalue weighted by molar-refractivity contribution is 7.99. The van der Waals surface area contributed by atoms with Gasteiger partial charge in [0, 0.05) is 10.6 Å². The Kier molecular flexibility index (Phi) is 5.06. The largest absolute Gasteiger partial charge is 0.481 e. The van der Waals surface area contributed by atoms with Gasteiger partial charge in [-0.15, -0.1) is 11.8 Å². The van der Waals surface area contributed by atoms with Crippen molar-refractivity contribution in [2.75, 3.05) is 5.75 Å². The van der Waals surface area contributed by atoms with Gasteiger partial charge in [0.15, 0.2) is 0 Å². The Labute approximate surface area is 133 Å². The maximum Gasteiger partial charge on any atom is 0.304 e. The smallest absolute Gasteiger partial charge is 0.304 e. The first kappa shape index (κ1) is 16.0. The number of rotatable bonds is 5. The molecule has 0 saturated carbocycles. The maximum atomic E-state index is 10.6. The van der Waals surface area contributed by atoms with E-state index >= 15 is 0 Å².